The number of ether oxygens (including phenoxy) is 3. The fourth-order valence-electron chi connectivity index (χ4n) is 2.27. The Morgan fingerprint density at radius 1 is 0.960 bits per heavy atom. The maximum atomic E-state index is 11.9. The molecule has 0 heterocycles. The first-order valence-electron chi connectivity index (χ1n) is 7.85. The minimum Gasteiger partial charge on any atom is -0.466 e. The standard InChI is InChI=1S/C19H21NO5/c1-23-18(21)17(16(20)12-14-8-4-2-5-9-14)25-19(22)24-13-15-10-6-3-7-11-15/h2-11,16-17H,12-13,20H2,1H3/t16-,17+/m0/s1. The normalized spacial score (nSPS) is 12.7. The van der Waals surface area contributed by atoms with Gasteiger partial charge in [0.1, 0.15) is 6.61 Å². The van der Waals surface area contributed by atoms with Gasteiger partial charge in [0, 0.05) is 0 Å². The molecule has 25 heavy (non-hydrogen) atoms. The largest absolute Gasteiger partial charge is 0.509 e. The highest BCUT2D eigenvalue weighted by Gasteiger charge is 2.31. The number of esters is 1. The second-order valence-corrected chi connectivity index (χ2v) is 5.44. The van der Waals surface area contributed by atoms with E-state index in [0.717, 1.165) is 11.1 Å². The number of hydrogen-bond acceptors (Lipinski definition) is 6. The van der Waals surface area contributed by atoms with Crippen LogP contribution in [0, 0.1) is 0 Å². The van der Waals surface area contributed by atoms with Gasteiger partial charge in [-0.1, -0.05) is 60.7 Å². The van der Waals surface area contributed by atoms with E-state index in [1.165, 1.54) is 7.11 Å². The summed E-state index contributed by atoms with van der Waals surface area (Å²) < 4.78 is 14.8. The fraction of sp³-hybridized carbons (Fsp3) is 0.263. The van der Waals surface area contributed by atoms with Crippen molar-refractivity contribution in [3.8, 4) is 0 Å². The molecule has 0 aromatic heterocycles. The third-order valence-electron chi connectivity index (χ3n) is 3.56. The van der Waals surface area contributed by atoms with Crippen molar-refractivity contribution >= 4 is 12.1 Å². The van der Waals surface area contributed by atoms with E-state index in [-0.39, 0.29) is 6.61 Å². The summed E-state index contributed by atoms with van der Waals surface area (Å²) in [5.41, 5.74) is 7.78. The van der Waals surface area contributed by atoms with Crippen LogP contribution in [0.2, 0.25) is 0 Å². The summed E-state index contributed by atoms with van der Waals surface area (Å²) in [6.45, 7) is 0.0431. The topological polar surface area (TPSA) is 87.8 Å². The Labute approximate surface area is 146 Å². The smallest absolute Gasteiger partial charge is 0.466 e. The predicted molar refractivity (Wildman–Crippen MR) is 91.6 cm³/mol. The van der Waals surface area contributed by atoms with Gasteiger partial charge in [0.2, 0.25) is 6.10 Å². The van der Waals surface area contributed by atoms with Crippen molar-refractivity contribution in [2.24, 2.45) is 5.73 Å². The number of carbonyl (C=O) groups excluding carboxylic acids is 2. The summed E-state index contributed by atoms with van der Waals surface area (Å²) in [5.74, 6) is -0.722. The Balaban J connectivity index is 1.94. The van der Waals surface area contributed by atoms with E-state index < -0.39 is 24.3 Å². The van der Waals surface area contributed by atoms with Crippen molar-refractivity contribution in [2.45, 2.75) is 25.2 Å². The van der Waals surface area contributed by atoms with Crippen molar-refractivity contribution < 1.29 is 23.8 Å². The molecule has 0 bridgehead atoms. The first-order valence-corrected chi connectivity index (χ1v) is 7.85. The lowest BCUT2D eigenvalue weighted by molar-refractivity contribution is -0.153. The molecule has 6 heteroatoms. The number of benzene rings is 2. The van der Waals surface area contributed by atoms with Crippen LogP contribution < -0.4 is 5.73 Å². The van der Waals surface area contributed by atoms with E-state index in [1.807, 2.05) is 60.7 Å². The lowest BCUT2D eigenvalue weighted by Crippen LogP contribution is -2.45. The molecule has 0 radical (unpaired) electrons. The molecule has 2 atom stereocenters. The summed E-state index contributed by atoms with van der Waals surface area (Å²) in [6.07, 6.45) is -1.86. The fourth-order valence-corrected chi connectivity index (χ4v) is 2.27. The van der Waals surface area contributed by atoms with E-state index in [4.69, 9.17) is 15.2 Å². The zero-order valence-corrected chi connectivity index (χ0v) is 14.0. The molecule has 2 rings (SSSR count). The summed E-state index contributed by atoms with van der Waals surface area (Å²) in [4.78, 5) is 23.8. The highest BCUT2D eigenvalue weighted by molar-refractivity contribution is 5.78. The van der Waals surface area contributed by atoms with E-state index in [0.29, 0.717) is 6.42 Å². The lowest BCUT2D eigenvalue weighted by Gasteiger charge is -2.21. The Morgan fingerprint density at radius 3 is 2.08 bits per heavy atom. The molecule has 0 fully saturated rings. The van der Waals surface area contributed by atoms with Crippen molar-refractivity contribution in [1.82, 2.24) is 0 Å². The third kappa shape index (κ3) is 5.93. The number of rotatable bonds is 7. The maximum Gasteiger partial charge on any atom is 0.509 e. The van der Waals surface area contributed by atoms with E-state index in [2.05, 4.69) is 4.74 Å². The Bertz CT molecular complexity index is 675. The first-order chi connectivity index (χ1) is 12.1. The molecule has 0 unspecified atom stereocenters. The van der Waals surface area contributed by atoms with Gasteiger partial charge >= 0.3 is 12.1 Å². The molecule has 0 aliphatic heterocycles. The molecular weight excluding hydrogens is 322 g/mol. The van der Waals surface area contributed by atoms with Gasteiger partial charge in [-0.2, -0.15) is 0 Å². The molecular formula is C19H21NO5. The van der Waals surface area contributed by atoms with Crippen LogP contribution in [-0.2, 0) is 32.0 Å². The van der Waals surface area contributed by atoms with Crippen LogP contribution in [0.4, 0.5) is 4.79 Å². The average Bonchev–Trinajstić information content (AvgIpc) is 2.65. The highest BCUT2D eigenvalue weighted by Crippen LogP contribution is 2.10. The quantitative estimate of drug-likeness (QED) is 0.777. The van der Waals surface area contributed by atoms with Crippen molar-refractivity contribution in [1.29, 1.82) is 0 Å². The monoisotopic (exact) mass is 343 g/mol. The minimum absolute atomic E-state index is 0.0431. The molecule has 2 aromatic rings. The number of methoxy groups -OCH3 is 1. The molecule has 0 saturated carbocycles. The minimum atomic E-state index is -1.24. The molecule has 0 saturated heterocycles. The van der Waals surface area contributed by atoms with Crippen LogP contribution in [0.5, 0.6) is 0 Å². The molecule has 2 aromatic carbocycles. The molecule has 2 N–H and O–H groups in total. The Morgan fingerprint density at radius 2 is 1.52 bits per heavy atom. The molecule has 0 spiro atoms. The predicted octanol–water partition coefficient (Wildman–Crippen LogP) is 2.45. The van der Waals surface area contributed by atoms with Gasteiger partial charge in [0.05, 0.1) is 13.2 Å². The van der Waals surface area contributed by atoms with Gasteiger partial charge < -0.3 is 19.9 Å². The van der Waals surface area contributed by atoms with E-state index in [9.17, 15) is 9.59 Å². The number of carbonyl (C=O) groups is 2. The molecule has 0 aliphatic rings. The van der Waals surface area contributed by atoms with Crippen molar-refractivity contribution in [3.05, 3.63) is 71.8 Å². The van der Waals surface area contributed by atoms with Crippen LogP contribution in [0.25, 0.3) is 0 Å². The second-order valence-electron chi connectivity index (χ2n) is 5.44. The Kier molecular flexibility index (Phi) is 6.98. The third-order valence-corrected chi connectivity index (χ3v) is 3.56. The van der Waals surface area contributed by atoms with Gasteiger partial charge in [-0.3, -0.25) is 0 Å². The maximum absolute atomic E-state index is 11.9. The van der Waals surface area contributed by atoms with Gasteiger partial charge in [0.25, 0.3) is 0 Å². The van der Waals surface area contributed by atoms with Crippen LogP contribution >= 0.6 is 0 Å². The zero-order valence-electron chi connectivity index (χ0n) is 14.0. The summed E-state index contributed by atoms with van der Waals surface area (Å²) in [7, 11) is 1.21. The van der Waals surface area contributed by atoms with E-state index in [1.54, 1.807) is 0 Å². The summed E-state index contributed by atoms with van der Waals surface area (Å²) in [6, 6.07) is 17.8. The molecule has 132 valence electrons. The summed E-state index contributed by atoms with van der Waals surface area (Å²) in [5, 5.41) is 0. The van der Waals surface area contributed by atoms with Gasteiger partial charge in [-0.05, 0) is 17.5 Å². The second kappa shape index (κ2) is 9.44. The SMILES string of the molecule is COC(=O)[C@H](OC(=O)OCc1ccccc1)[C@@H](N)Cc1ccccc1. The molecule has 0 aliphatic carbocycles. The molecule has 0 amide bonds. The number of hydrogen-bond donors (Lipinski definition) is 1. The van der Waals surface area contributed by atoms with Crippen molar-refractivity contribution in [2.75, 3.05) is 7.11 Å². The van der Waals surface area contributed by atoms with Crippen LogP contribution in [0.15, 0.2) is 60.7 Å². The van der Waals surface area contributed by atoms with Gasteiger partial charge in [-0.15, -0.1) is 0 Å². The van der Waals surface area contributed by atoms with Crippen molar-refractivity contribution in [3.63, 3.8) is 0 Å². The zero-order chi connectivity index (χ0) is 18.1. The van der Waals surface area contributed by atoms with Gasteiger partial charge in [0.15, 0.2) is 0 Å². The Hall–Kier alpha value is -2.86. The van der Waals surface area contributed by atoms with Crippen LogP contribution in [-0.4, -0.2) is 31.4 Å². The van der Waals surface area contributed by atoms with Gasteiger partial charge in [-0.25, -0.2) is 9.59 Å². The average molecular weight is 343 g/mol. The van der Waals surface area contributed by atoms with Crippen LogP contribution in [0.1, 0.15) is 11.1 Å². The van der Waals surface area contributed by atoms with Crippen LogP contribution in [0.3, 0.4) is 0 Å². The lowest BCUT2D eigenvalue weighted by atomic mass is 10.0. The molecule has 6 nitrogen and oxygen atoms in total. The van der Waals surface area contributed by atoms with E-state index >= 15 is 0 Å². The first kappa shape index (κ1) is 18.5. The summed E-state index contributed by atoms with van der Waals surface area (Å²) >= 11 is 0. The highest BCUT2D eigenvalue weighted by atomic mass is 16.7. The number of nitrogens with two attached hydrogens (primary N) is 1.